The Bertz CT molecular complexity index is 826. The van der Waals surface area contributed by atoms with Gasteiger partial charge in [-0.25, -0.2) is 0 Å². The van der Waals surface area contributed by atoms with Crippen LogP contribution in [0.15, 0.2) is 36.4 Å². The maximum atomic E-state index is 12.8. The number of diazo groups is 1. The van der Waals surface area contributed by atoms with Crippen molar-refractivity contribution in [3.05, 3.63) is 52.5 Å². The molecule has 0 aromatic heterocycles. The molecule has 3 rings (SSSR count). The van der Waals surface area contributed by atoms with E-state index in [2.05, 4.69) is 18.8 Å². The van der Waals surface area contributed by atoms with E-state index in [4.69, 9.17) is 0 Å². The molecule has 0 bridgehead atoms. The molecule has 0 atom stereocenters. The minimum atomic E-state index is 0.0120. The monoisotopic (exact) mass is 276 g/mol. The van der Waals surface area contributed by atoms with Gasteiger partial charge in [-0.2, -0.15) is 0 Å². The van der Waals surface area contributed by atoms with Gasteiger partial charge in [-0.1, -0.05) is 43.9 Å². The molecule has 21 heavy (non-hydrogen) atoms. The van der Waals surface area contributed by atoms with Crippen LogP contribution in [0.4, 0.5) is 5.69 Å². The molecule has 104 valence electrons. The van der Waals surface area contributed by atoms with Crippen LogP contribution in [0, 0.1) is 5.39 Å². The van der Waals surface area contributed by atoms with Crippen molar-refractivity contribution >= 4 is 27.2 Å². The van der Waals surface area contributed by atoms with Crippen molar-refractivity contribution in [2.45, 2.75) is 26.7 Å². The van der Waals surface area contributed by atoms with E-state index in [1.807, 2.05) is 36.4 Å². The summed E-state index contributed by atoms with van der Waals surface area (Å²) in [6, 6.07) is 11.5. The summed E-state index contributed by atoms with van der Waals surface area (Å²) in [6.45, 7) is 4.11. The van der Waals surface area contributed by atoms with E-state index < -0.39 is 0 Å². The van der Waals surface area contributed by atoms with Crippen LogP contribution in [0.1, 0.15) is 25.0 Å². The van der Waals surface area contributed by atoms with Crippen LogP contribution in [0.3, 0.4) is 0 Å². The molecule has 0 unspecified atom stereocenters. The predicted molar refractivity (Wildman–Crippen MR) is 84.4 cm³/mol. The van der Waals surface area contributed by atoms with E-state index in [0.29, 0.717) is 27.2 Å². The second-order valence-corrected chi connectivity index (χ2v) is 5.24. The third kappa shape index (κ3) is 2.00. The van der Waals surface area contributed by atoms with Gasteiger partial charge in [0.2, 0.25) is 5.39 Å². The fourth-order valence-electron chi connectivity index (χ4n) is 2.81. The Hall–Kier alpha value is -2.60. The molecule has 0 spiro atoms. The Balaban J connectivity index is 2.52. The van der Waals surface area contributed by atoms with Crippen LogP contribution in [0.25, 0.3) is 26.5 Å². The zero-order valence-electron chi connectivity index (χ0n) is 12.2. The topological polar surface area (TPSA) is 51.2 Å². The van der Waals surface area contributed by atoms with Crippen LogP contribution in [0.5, 0.6) is 5.75 Å². The van der Waals surface area contributed by atoms with Crippen molar-refractivity contribution in [3.8, 4) is 5.75 Å². The van der Waals surface area contributed by atoms with Crippen molar-refractivity contribution in [1.82, 2.24) is 0 Å². The number of hydrogen-bond donors (Lipinski definition) is 0. The lowest BCUT2D eigenvalue weighted by molar-refractivity contribution is -0.263. The third-order valence-corrected chi connectivity index (χ3v) is 4.08. The number of nitrogens with zero attached hydrogens (tertiary/aromatic N) is 2. The zero-order valence-corrected chi connectivity index (χ0v) is 12.2. The average molecular weight is 276 g/mol. The normalized spacial score (nSPS) is 10.9. The van der Waals surface area contributed by atoms with Crippen LogP contribution < -0.4 is 5.11 Å². The summed E-state index contributed by atoms with van der Waals surface area (Å²) in [6.07, 6.45) is 1.74. The Morgan fingerprint density at radius 2 is 1.33 bits per heavy atom. The molecular formula is C18H16N2O. The summed E-state index contributed by atoms with van der Waals surface area (Å²) in [7, 11) is 0. The Morgan fingerprint density at radius 3 is 1.71 bits per heavy atom. The van der Waals surface area contributed by atoms with Gasteiger partial charge in [-0.05, 0) is 46.9 Å². The number of hydrogen-bond acceptors (Lipinski definition) is 2. The number of aryl methyl sites for hydroxylation is 2. The molecule has 3 nitrogen and oxygen atoms in total. The summed E-state index contributed by atoms with van der Waals surface area (Å²) < 4.78 is 0. The lowest BCUT2D eigenvalue weighted by Gasteiger charge is -2.15. The maximum absolute atomic E-state index is 12.8. The third-order valence-electron chi connectivity index (χ3n) is 4.08. The smallest absolute Gasteiger partial charge is 0.400 e. The fraction of sp³-hybridized carbons (Fsp3) is 0.222. The summed E-state index contributed by atoms with van der Waals surface area (Å²) in [4.78, 5) is 3.44. The molecule has 0 N–H and O–H groups in total. The molecular weight excluding hydrogens is 260 g/mol. The molecule has 0 heterocycles. The first-order valence-corrected chi connectivity index (χ1v) is 7.23. The largest absolute Gasteiger partial charge is 0.872 e. The van der Waals surface area contributed by atoms with Crippen molar-refractivity contribution in [2.75, 3.05) is 0 Å². The van der Waals surface area contributed by atoms with Gasteiger partial charge in [0.15, 0.2) is 4.98 Å². The first-order chi connectivity index (χ1) is 10.2. The van der Waals surface area contributed by atoms with Crippen LogP contribution in [-0.2, 0) is 12.8 Å². The van der Waals surface area contributed by atoms with E-state index in [-0.39, 0.29) is 5.75 Å². The lowest BCUT2D eigenvalue weighted by Crippen LogP contribution is -1.95. The van der Waals surface area contributed by atoms with Crippen molar-refractivity contribution in [1.29, 1.82) is 5.39 Å². The standard InChI is InChI=1S/C18H16N2O/c1-3-11-5-7-13-15(9-11)18(21)16-10-12(4-2)6-8-14(16)17(13)20-19/h5-10H,3-4H2,1-2H3. The van der Waals surface area contributed by atoms with Gasteiger partial charge in [-0.15, -0.1) is 0 Å². The van der Waals surface area contributed by atoms with E-state index in [1.54, 1.807) is 0 Å². The van der Waals surface area contributed by atoms with Gasteiger partial charge in [-0.3, -0.25) is 0 Å². The molecule has 3 aromatic rings. The number of fused-ring (bicyclic) bond motifs is 2. The van der Waals surface area contributed by atoms with Gasteiger partial charge in [0.05, 0.1) is 10.8 Å². The molecule has 0 saturated heterocycles. The van der Waals surface area contributed by atoms with E-state index in [0.717, 1.165) is 24.0 Å². The van der Waals surface area contributed by atoms with E-state index >= 15 is 0 Å². The summed E-state index contributed by atoms with van der Waals surface area (Å²) in [5, 5.41) is 24.8. The molecule has 0 amide bonds. The molecule has 0 saturated carbocycles. The first-order valence-electron chi connectivity index (χ1n) is 7.23. The molecule has 0 aliphatic rings. The highest BCUT2D eigenvalue weighted by Crippen LogP contribution is 2.41. The Morgan fingerprint density at radius 1 is 0.857 bits per heavy atom. The molecule has 0 fully saturated rings. The zero-order chi connectivity index (χ0) is 15.0. The second kappa shape index (κ2) is 5.06. The van der Waals surface area contributed by atoms with Crippen LogP contribution >= 0.6 is 0 Å². The molecule has 0 aliphatic carbocycles. The summed E-state index contributed by atoms with van der Waals surface area (Å²) in [5.74, 6) is 0.0120. The van der Waals surface area contributed by atoms with Crippen molar-refractivity contribution in [3.63, 3.8) is 0 Å². The number of rotatable bonds is 2. The van der Waals surface area contributed by atoms with E-state index in [9.17, 15) is 10.5 Å². The minimum Gasteiger partial charge on any atom is -0.872 e. The van der Waals surface area contributed by atoms with Gasteiger partial charge < -0.3 is 5.11 Å². The second-order valence-electron chi connectivity index (χ2n) is 5.24. The van der Waals surface area contributed by atoms with Crippen molar-refractivity contribution < 1.29 is 5.11 Å². The summed E-state index contributed by atoms with van der Waals surface area (Å²) >= 11 is 0. The highest BCUT2D eigenvalue weighted by atomic mass is 16.3. The first kappa shape index (κ1) is 13.4. The SMILES string of the molecule is CCc1ccc2c([N+]#N)c3ccc(CC)cc3c([O-])c2c1. The van der Waals surface area contributed by atoms with Gasteiger partial charge >= 0.3 is 5.69 Å². The minimum absolute atomic E-state index is 0.0120. The van der Waals surface area contributed by atoms with E-state index in [1.165, 1.54) is 0 Å². The maximum Gasteiger partial charge on any atom is 0.400 e. The fourth-order valence-corrected chi connectivity index (χ4v) is 2.81. The highest BCUT2D eigenvalue weighted by molar-refractivity contribution is 6.15. The number of benzene rings is 3. The Kier molecular flexibility index (Phi) is 3.23. The summed E-state index contributed by atoms with van der Waals surface area (Å²) in [5.41, 5.74) is 2.69. The Labute approximate surface area is 123 Å². The van der Waals surface area contributed by atoms with Crippen LogP contribution in [-0.4, -0.2) is 0 Å². The average Bonchev–Trinajstić information content (AvgIpc) is 2.55. The lowest BCUT2D eigenvalue weighted by atomic mass is 9.96. The molecule has 0 radical (unpaired) electrons. The van der Waals surface area contributed by atoms with Crippen molar-refractivity contribution in [2.24, 2.45) is 0 Å². The quantitative estimate of drug-likeness (QED) is 0.504. The molecule has 3 heteroatoms. The van der Waals surface area contributed by atoms with Gasteiger partial charge in [0.1, 0.15) is 0 Å². The van der Waals surface area contributed by atoms with Gasteiger partial charge in [0, 0.05) is 0 Å². The van der Waals surface area contributed by atoms with Crippen LogP contribution in [0.2, 0.25) is 0 Å². The molecule has 3 aromatic carbocycles. The predicted octanol–water partition coefficient (Wildman–Crippen LogP) is 4.68. The van der Waals surface area contributed by atoms with Gasteiger partial charge in [0.25, 0.3) is 0 Å². The molecule has 0 aliphatic heterocycles. The highest BCUT2D eigenvalue weighted by Gasteiger charge is 2.19.